The SMILES string of the molecule is CON=C(C(=O)NC1C(=O)N2C(OC(=O)O)=C(C=Cc3cncs3)CS[C@@H]12)c1csc(N)n1. The standard InChI is InChI=1S/C18H16N6O6S3/c1-29-23-11(10-6-32-17(19)21-10)13(25)22-12-14(26)24-15(30-18(27)28)8(5-31-16(12)24)2-3-9-4-20-7-33-9/h2-4,6-7,12,16H,5H2,1H3,(H2,19,21)(H,22,25)(H,27,28)/t12?,16-/m0/s1. The van der Waals surface area contributed by atoms with Gasteiger partial charge in [0.25, 0.3) is 11.8 Å². The number of carbonyl (C=O) groups is 3. The molecule has 2 aromatic heterocycles. The van der Waals surface area contributed by atoms with Gasteiger partial charge in [0, 0.05) is 27.8 Å². The van der Waals surface area contributed by atoms with Crippen LogP contribution in [0.5, 0.6) is 0 Å². The van der Waals surface area contributed by atoms with Gasteiger partial charge in [0.05, 0.1) is 5.51 Å². The van der Waals surface area contributed by atoms with Crippen LogP contribution in [-0.4, -0.2) is 67.9 Å². The average molecular weight is 509 g/mol. The number of carboxylic acid groups (broad SMARTS) is 1. The lowest BCUT2D eigenvalue weighted by Crippen LogP contribution is -2.70. The highest BCUT2D eigenvalue weighted by atomic mass is 32.2. The zero-order chi connectivity index (χ0) is 23.5. The van der Waals surface area contributed by atoms with Crippen molar-refractivity contribution in [2.45, 2.75) is 11.4 Å². The molecule has 2 amide bonds. The van der Waals surface area contributed by atoms with Crippen molar-refractivity contribution in [2.24, 2.45) is 5.16 Å². The topological polar surface area (TPSA) is 169 Å². The molecule has 2 atom stereocenters. The first kappa shape index (κ1) is 22.8. The second-order valence-corrected chi connectivity index (χ2v) is 9.40. The summed E-state index contributed by atoms with van der Waals surface area (Å²) in [5, 5.41) is 16.7. The van der Waals surface area contributed by atoms with Crippen molar-refractivity contribution in [2.75, 3.05) is 18.6 Å². The first-order valence-corrected chi connectivity index (χ1v) is 12.0. The van der Waals surface area contributed by atoms with Gasteiger partial charge < -0.3 is 25.7 Å². The predicted molar refractivity (Wildman–Crippen MR) is 122 cm³/mol. The summed E-state index contributed by atoms with van der Waals surface area (Å²) in [4.78, 5) is 51.7. The largest absolute Gasteiger partial charge is 0.512 e. The molecule has 2 aromatic rings. The van der Waals surface area contributed by atoms with E-state index in [-0.39, 0.29) is 22.4 Å². The Morgan fingerprint density at radius 1 is 1.39 bits per heavy atom. The fraction of sp³-hybridized carbons (Fsp3) is 0.222. The fourth-order valence-electron chi connectivity index (χ4n) is 3.08. The number of hydrogen-bond acceptors (Lipinski definition) is 12. The van der Waals surface area contributed by atoms with Gasteiger partial charge in [0.15, 0.2) is 10.8 Å². The minimum atomic E-state index is -1.55. The maximum atomic E-state index is 12.9. The molecule has 1 fully saturated rings. The van der Waals surface area contributed by atoms with Gasteiger partial charge in [-0.15, -0.1) is 34.4 Å². The molecule has 2 aliphatic rings. The third-order valence-electron chi connectivity index (χ3n) is 4.48. The molecule has 0 aromatic carbocycles. The predicted octanol–water partition coefficient (Wildman–Crippen LogP) is 1.55. The Morgan fingerprint density at radius 3 is 2.85 bits per heavy atom. The van der Waals surface area contributed by atoms with Gasteiger partial charge in [0.1, 0.15) is 24.2 Å². The van der Waals surface area contributed by atoms with Crippen LogP contribution in [0.3, 0.4) is 0 Å². The number of carbonyl (C=O) groups excluding carboxylic acids is 2. The van der Waals surface area contributed by atoms with Crippen LogP contribution >= 0.6 is 34.4 Å². The monoisotopic (exact) mass is 508 g/mol. The summed E-state index contributed by atoms with van der Waals surface area (Å²) in [5.74, 6) is -0.919. The van der Waals surface area contributed by atoms with Gasteiger partial charge in [-0.25, -0.2) is 9.78 Å². The molecule has 172 valence electrons. The van der Waals surface area contributed by atoms with E-state index in [1.807, 2.05) is 0 Å². The van der Waals surface area contributed by atoms with Gasteiger partial charge in [-0.1, -0.05) is 11.2 Å². The van der Waals surface area contributed by atoms with E-state index in [1.165, 1.54) is 35.1 Å². The number of thioether (sulfide) groups is 1. The number of β-lactam (4-membered cyclic amide) rings is 1. The molecule has 0 bridgehead atoms. The number of amides is 2. The first-order chi connectivity index (χ1) is 15.9. The summed E-state index contributed by atoms with van der Waals surface area (Å²) in [5.41, 5.74) is 7.89. The summed E-state index contributed by atoms with van der Waals surface area (Å²) in [7, 11) is 1.28. The first-order valence-electron chi connectivity index (χ1n) is 9.17. The van der Waals surface area contributed by atoms with Crippen LogP contribution in [0, 0.1) is 0 Å². The lowest BCUT2D eigenvalue weighted by molar-refractivity contribution is -0.148. The summed E-state index contributed by atoms with van der Waals surface area (Å²) in [6.45, 7) is 0. The van der Waals surface area contributed by atoms with Crippen LogP contribution in [0.2, 0.25) is 0 Å². The van der Waals surface area contributed by atoms with Crippen molar-refractivity contribution in [3.8, 4) is 0 Å². The maximum Gasteiger partial charge on any atom is 0.512 e. The highest BCUT2D eigenvalue weighted by Crippen LogP contribution is 2.41. The molecular formula is C18H16N6O6S3. The maximum absolute atomic E-state index is 12.9. The van der Waals surface area contributed by atoms with E-state index in [2.05, 4.69) is 20.4 Å². The summed E-state index contributed by atoms with van der Waals surface area (Å²) in [6.07, 6.45) is 3.56. The van der Waals surface area contributed by atoms with Crippen molar-refractivity contribution in [1.29, 1.82) is 0 Å². The number of aromatic nitrogens is 2. The minimum absolute atomic E-state index is 0.0828. The molecule has 15 heteroatoms. The molecule has 4 rings (SSSR count). The summed E-state index contributed by atoms with van der Waals surface area (Å²) < 4.78 is 4.94. The number of nitrogen functional groups attached to an aromatic ring is 1. The number of ether oxygens (including phenoxy) is 1. The molecule has 12 nitrogen and oxygen atoms in total. The van der Waals surface area contributed by atoms with Crippen LogP contribution in [0.15, 0.2) is 39.8 Å². The number of rotatable bonds is 7. The number of allylic oxidation sites excluding steroid dienone is 1. The van der Waals surface area contributed by atoms with Crippen molar-refractivity contribution in [1.82, 2.24) is 20.2 Å². The number of nitrogens with zero attached hydrogens (tertiary/aromatic N) is 4. The third kappa shape index (κ3) is 4.69. The lowest BCUT2D eigenvalue weighted by atomic mass is 10.1. The van der Waals surface area contributed by atoms with E-state index in [0.29, 0.717) is 11.3 Å². The van der Waals surface area contributed by atoms with Crippen LogP contribution in [0.25, 0.3) is 6.08 Å². The van der Waals surface area contributed by atoms with Gasteiger partial charge >= 0.3 is 6.16 Å². The van der Waals surface area contributed by atoms with Crippen LogP contribution in [-0.2, 0) is 19.2 Å². The molecule has 0 spiro atoms. The fourth-order valence-corrected chi connectivity index (χ4v) is 5.44. The second kappa shape index (κ2) is 9.60. The van der Waals surface area contributed by atoms with Crippen molar-refractivity contribution >= 4 is 69.3 Å². The summed E-state index contributed by atoms with van der Waals surface area (Å²) in [6, 6.07) is -0.917. The van der Waals surface area contributed by atoms with Crippen molar-refractivity contribution < 1.29 is 29.1 Å². The molecule has 33 heavy (non-hydrogen) atoms. The zero-order valence-electron chi connectivity index (χ0n) is 16.8. The zero-order valence-corrected chi connectivity index (χ0v) is 19.3. The van der Waals surface area contributed by atoms with Gasteiger partial charge in [-0.3, -0.25) is 19.5 Å². The average Bonchev–Trinajstić information content (AvgIpc) is 3.45. The number of fused-ring (bicyclic) bond motifs is 1. The van der Waals surface area contributed by atoms with Crippen LogP contribution in [0.4, 0.5) is 9.93 Å². The Morgan fingerprint density at radius 2 is 2.21 bits per heavy atom. The number of nitrogens with two attached hydrogens (primary N) is 1. The highest BCUT2D eigenvalue weighted by molar-refractivity contribution is 8.00. The van der Waals surface area contributed by atoms with E-state index >= 15 is 0 Å². The summed E-state index contributed by atoms with van der Waals surface area (Å²) >= 11 is 3.90. The van der Waals surface area contributed by atoms with Crippen LogP contribution in [0.1, 0.15) is 10.6 Å². The van der Waals surface area contributed by atoms with Crippen molar-refractivity contribution in [3.63, 3.8) is 0 Å². The molecule has 4 heterocycles. The Hall–Kier alpha value is -3.43. The molecule has 0 aliphatic carbocycles. The van der Waals surface area contributed by atoms with E-state index < -0.39 is 29.4 Å². The minimum Gasteiger partial charge on any atom is -0.449 e. The quantitative estimate of drug-likeness (QED) is 0.216. The van der Waals surface area contributed by atoms with Gasteiger partial charge in [-0.05, 0) is 6.08 Å². The van der Waals surface area contributed by atoms with E-state index in [9.17, 15) is 19.5 Å². The highest BCUT2D eigenvalue weighted by Gasteiger charge is 2.54. The van der Waals surface area contributed by atoms with Crippen LogP contribution < -0.4 is 11.1 Å². The molecule has 2 aliphatic heterocycles. The molecule has 1 unspecified atom stereocenters. The Labute approximate surface area is 198 Å². The Bertz CT molecular complexity index is 1170. The molecule has 0 saturated carbocycles. The second-order valence-electron chi connectivity index (χ2n) is 6.49. The van der Waals surface area contributed by atoms with E-state index in [0.717, 1.165) is 16.2 Å². The number of thiazole rings is 2. The van der Waals surface area contributed by atoms with Gasteiger partial charge in [-0.2, -0.15) is 0 Å². The molecular weight excluding hydrogens is 492 g/mol. The number of nitrogens with one attached hydrogen (secondary N) is 1. The van der Waals surface area contributed by atoms with Crippen molar-refractivity contribution in [3.05, 3.63) is 45.2 Å². The smallest absolute Gasteiger partial charge is 0.449 e. The molecule has 0 radical (unpaired) electrons. The van der Waals surface area contributed by atoms with E-state index in [4.69, 9.17) is 15.3 Å². The van der Waals surface area contributed by atoms with E-state index in [1.54, 1.807) is 29.2 Å². The number of oxime groups is 1. The molecule has 1 saturated heterocycles. The molecule has 4 N–H and O–H groups in total. The third-order valence-corrected chi connectivity index (χ3v) is 7.20. The normalized spacial score (nSPS) is 20.5. The number of anilines is 1. The Balaban J connectivity index is 1.53. The van der Waals surface area contributed by atoms with Gasteiger partial charge in [0.2, 0.25) is 5.88 Å². The Kier molecular flexibility index (Phi) is 6.62. The lowest BCUT2D eigenvalue weighted by Gasteiger charge is -2.48. The number of hydrogen-bond donors (Lipinski definition) is 3.